The highest BCUT2D eigenvalue weighted by Crippen LogP contribution is 2.17. The monoisotopic (exact) mass is 310 g/mol. The molecule has 5 nitrogen and oxygen atoms in total. The predicted octanol–water partition coefficient (Wildman–Crippen LogP) is 1.17. The van der Waals surface area contributed by atoms with Gasteiger partial charge >= 0.3 is 0 Å². The fourth-order valence-electron chi connectivity index (χ4n) is 1.21. The van der Waals surface area contributed by atoms with Gasteiger partial charge in [-0.3, -0.25) is 4.21 Å². The number of nitrogens with zero attached hydrogens (tertiary/aromatic N) is 1. The van der Waals surface area contributed by atoms with E-state index in [9.17, 15) is 12.6 Å². The minimum atomic E-state index is -3.66. The normalized spacial score (nSPS) is 15.3. The first-order valence-electron chi connectivity index (χ1n) is 5.27. The van der Waals surface area contributed by atoms with Crippen LogP contribution in [0.5, 0.6) is 0 Å². The maximum Gasteiger partial charge on any atom is 0.243 e. The van der Waals surface area contributed by atoms with E-state index in [2.05, 4.69) is 9.71 Å². The zero-order chi connectivity index (χ0) is 13.8. The number of sulfonamides is 1. The predicted molar refractivity (Wildman–Crippen MR) is 72.6 cm³/mol. The van der Waals surface area contributed by atoms with E-state index in [1.54, 1.807) is 6.26 Å². The van der Waals surface area contributed by atoms with Crippen molar-refractivity contribution in [2.24, 2.45) is 0 Å². The van der Waals surface area contributed by atoms with Crippen LogP contribution >= 0.6 is 11.6 Å². The maximum atomic E-state index is 11.9. The second kappa shape index (κ2) is 6.60. The molecule has 0 spiro atoms. The zero-order valence-corrected chi connectivity index (χ0v) is 12.5. The van der Waals surface area contributed by atoms with Crippen LogP contribution in [0, 0.1) is 0 Å². The van der Waals surface area contributed by atoms with Crippen molar-refractivity contribution in [3.63, 3.8) is 0 Å². The van der Waals surface area contributed by atoms with Gasteiger partial charge in [0.25, 0.3) is 0 Å². The number of hydrogen-bond acceptors (Lipinski definition) is 4. The van der Waals surface area contributed by atoms with Gasteiger partial charge in [0.2, 0.25) is 10.0 Å². The molecule has 1 heterocycles. The molecule has 0 saturated heterocycles. The lowest BCUT2D eigenvalue weighted by atomic mass is 10.3. The Bertz CT molecular complexity index is 534. The van der Waals surface area contributed by atoms with Gasteiger partial charge in [0.05, 0.1) is 0 Å². The van der Waals surface area contributed by atoms with Crippen molar-refractivity contribution in [3.8, 4) is 0 Å². The Hall–Kier alpha value is -0.500. The maximum absolute atomic E-state index is 11.9. The Labute approximate surface area is 114 Å². The van der Waals surface area contributed by atoms with Crippen molar-refractivity contribution in [1.29, 1.82) is 0 Å². The van der Waals surface area contributed by atoms with E-state index in [0.29, 0.717) is 6.42 Å². The second-order valence-corrected chi connectivity index (χ2v) is 7.68. The number of pyridine rings is 1. The van der Waals surface area contributed by atoms with Crippen LogP contribution in [0.2, 0.25) is 5.15 Å². The molecule has 1 rings (SSSR count). The molecule has 0 bridgehead atoms. The lowest BCUT2D eigenvalue weighted by Gasteiger charge is -2.10. The van der Waals surface area contributed by atoms with E-state index in [1.807, 2.05) is 6.92 Å². The smallest absolute Gasteiger partial charge is 0.243 e. The van der Waals surface area contributed by atoms with Crippen molar-refractivity contribution < 1.29 is 12.6 Å². The summed E-state index contributed by atoms with van der Waals surface area (Å²) in [6.45, 7) is 2.02. The van der Waals surface area contributed by atoms with Crippen LogP contribution in [-0.2, 0) is 20.8 Å². The summed E-state index contributed by atoms with van der Waals surface area (Å²) >= 11 is 5.72. The molecule has 2 atom stereocenters. The largest absolute Gasteiger partial charge is 0.260 e. The summed E-state index contributed by atoms with van der Waals surface area (Å²) in [6, 6.07) is 2.89. The van der Waals surface area contributed by atoms with Gasteiger partial charge in [-0.1, -0.05) is 18.5 Å². The molecule has 1 aromatic rings. The van der Waals surface area contributed by atoms with Gasteiger partial charge in [-0.2, -0.15) is 0 Å². The summed E-state index contributed by atoms with van der Waals surface area (Å²) in [4.78, 5) is 3.67. The molecule has 0 aromatic carbocycles. The molecule has 102 valence electrons. The third-order valence-electron chi connectivity index (χ3n) is 2.42. The molecule has 1 N–H and O–H groups in total. The number of rotatable bonds is 6. The Morgan fingerprint density at radius 1 is 1.56 bits per heavy atom. The van der Waals surface area contributed by atoms with Gasteiger partial charge in [0.15, 0.2) is 0 Å². The average Bonchev–Trinajstić information content (AvgIpc) is 2.28. The van der Waals surface area contributed by atoms with Crippen LogP contribution in [0.25, 0.3) is 0 Å². The van der Waals surface area contributed by atoms with Gasteiger partial charge in [-0.05, 0) is 18.6 Å². The summed E-state index contributed by atoms with van der Waals surface area (Å²) in [7, 11) is -4.62. The highest BCUT2D eigenvalue weighted by Gasteiger charge is 2.18. The highest BCUT2D eigenvalue weighted by molar-refractivity contribution is 7.89. The Morgan fingerprint density at radius 3 is 2.78 bits per heavy atom. The molecule has 0 fully saturated rings. The molecule has 0 radical (unpaired) electrons. The van der Waals surface area contributed by atoms with Gasteiger partial charge in [0, 0.05) is 35.0 Å². The first-order chi connectivity index (χ1) is 8.34. The van der Waals surface area contributed by atoms with E-state index in [1.165, 1.54) is 18.3 Å². The molecule has 0 amide bonds. The van der Waals surface area contributed by atoms with E-state index < -0.39 is 20.8 Å². The number of aromatic nitrogens is 1. The summed E-state index contributed by atoms with van der Waals surface area (Å²) < 4.78 is 37.3. The van der Waals surface area contributed by atoms with Crippen LogP contribution in [0.15, 0.2) is 23.2 Å². The molecule has 0 saturated carbocycles. The van der Waals surface area contributed by atoms with Crippen LogP contribution in [-0.4, -0.2) is 35.7 Å². The van der Waals surface area contributed by atoms with E-state index in [0.717, 1.165) is 0 Å². The molecule has 0 aliphatic carbocycles. The molecular formula is C10H15ClN2O3S2. The molecular weight excluding hydrogens is 296 g/mol. The van der Waals surface area contributed by atoms with Crippen molar-refractivity contribution in [3.05, 3.63) is 23.5 Å². The summed E-state index contributed by atoms with van der Waals surface area (Å²) in [5.41, 5.74) is 0. The van der Waals surface area contributed by atoms with Crippen molar-refractivity contribution in [2.75, 3.05) is 12.8 Å². The highest BCUT2D eigenvalue weighted by atomic mass is 35.5. The first kappa shape index (κ1) is 15.6. The van der Waals surface area contributed by atoms with Crippen molar-refractivity contribution >= 4 is 32.4 Å². The quantitative estimate of drug-likeness (QED) is 0.800. The average molecular weight is 311 g/mol. The standard InChI is InChI=1S/C10H15ClN2O3S2/c1-8(17(2)14)5-7-13-18(15,16)9-4-3-6-12-10(9)11/h3-4,6,8,13H,5,7H2,1-2H3. The second-order valence-electron chi connectivity index (χ2n) is 3.79. The van der Waals surface area contributed by atoms with Crippen molar-refractivity contribution in [1.82, 2.24) is 9.71 Å². The summed E-state index contributed by atoms with van der Waals surface area (Å²) in [5.74, 6) is 0. The van der Waals surface area contributed by atoms with Gasteiger partial charge < -0.3 is 0 Å². The molecule has 1 aromatic heterocycles. The van der Waals surface area contributed by atoms with Crippen LogP contribution in [0.4, 0.5) is 0 Å². The number of hydrogen-bond donors (Lipinski definition) is 1. The Morgan fingerprint density at radius 2 is 2.22 bits per heavy atom. The third-order valence-corrected chi connectivity index (χ3v) is 5.70. The molecule has 0 aliphatic heterocycles. The zero-order valence-electron chi connectivity index (χ0n) is 10.1. The van der Waals surface area contributed by atoms with Crippen LogP contribution in [0.3, 0.4) is 0 Å². The minimum Gasteiger partial charge on any atom is -0.260 e. The van der Waals surface area contributed by atoms with E-state index in [-0.39, 0.29) is 21.8 Å². The Kier molecular flexibility index (Phi) is 5.71. The lowest BCUT2D eigenvalue weighted by molar-refractivity contribution is 0.577. The van der Waals surface area contributed by atoms with Crippen LogP contribution in [0.1, 0.15) is 13.3 Å². The summed E-state index contributed by atoms with van der Waals surface area (Å²) in [6.07, 6.45) is 3.51. The lowest BCUT2D eigenvalue weighted by Crippen LogP contribution is -2.28. The van der Waals surface area contributed by atoms with Gasteiger partial charge in [-0.25, -0.2) is 18.1 Å². The van der Waals surface area contributed by atoms with Gasteiger partial charge in [0.1, 0.15) is 10.0 Å². The molecule has 8 heteroatoms. The van der Waals surface area contributed by atoms with E-state index >= 15 is 0 Å². The number of nitrogens with one attached hydrogen (secondary N) is 1. The number of halogens is 1. The summed E-state index contributed by atoms with van der Waals surface area (Å²) in [5, 5.41) is -0.116. The molecule has 2 unspecified atom stereocenters. The van der Waals surface area contributed by atoms with E-state index in [4.69, 9.17) is 11.6 Å². The molecule has 18 heavy (non-hydrogen) atoms. The van der Waals surface area contributed by atoms with Gasteiger partial charge in [-0.15, -0.1) is 0 Å². The fourth-order valence-corrected chi connectivity index (χ4v) is 3.16. The third kappa shape index (κ3) is 4.31. The minimum absolute atomic E-state index is 0.0445. The fraction of sp³-hybridized carbons (Fsp3) is 0.500. The Balaban J connectivity index is 2.67. The van der Waals surface area contributed by atoms with Crippen LogP contribution < -0.4 is 4.72 Å². The topological polar surface area (TPSA) is 76.1 Å². The first-order valence-corrected chi connectivity index (χ1v) is 8.75. The van der Waals surface area contributed by atoms with Crippen molar-refractivity contribution in [2.45, 2.75) is 23.5 Å². The SMILES string of the molecule is CC(CCNS(=O)(=O)c1cccnc1Cl)S(C)=O. The molecule has 0 aliphatic rings.